The third-order valence-corrected chi connectivity index (χ3v) is 4.55. The maximum absolute atomic E-state index is 13.0. The highest BCUT2D eigenvalue weighted by atomic mass is 16.4. The first-order valence-electron chi connectivity index (χ1n) is 8.48. The SMILES string of the molecule is O=C(O)c1ccccc1NC(=O)N1CCc2[nH]cnc2C1c1ccccn1. The summed E-state index contributed by atoms with van der Waals surface area (Å²) >= 11 is 0. The first kappa shape index (κ1) is 16.8. The van der Waals surface area contributed by atoms with Crippen molar-refractivity contribution in [3.05, 3.63) is 77.6 Å². The number of aromatic amines is 1. The van der Waals surface area contributed by atoms with E-state index in [1.165, 1.54) is 6.07 Å². The lowest BCUT2D eigenvalue weighted by Crippen LogP contribution is -2.43. The van der Waals surface area contributed by atoms with Crippen LogP contribution in [0, 0.1) is 0 Å². The number of amides is 2. The van der Waals surface area contributed by atoms with Crippen LogP contribution in [-0.2, 0) is 6.42 Å². The standard InChI is InChI=1S/C19H17N5O3/c25-18(26)12-5-1-2-6-13(12)23-19(27)24-10-8-14-16(22-11-21-14)17(24)15-7-3-4-9-20-15/h1-7,9,11,17H,8,10H2,(H,21,22)(H,23,27)(H,25,26). The lowest BCUT2D eigenvalue weighted by atomic mass is 9.99. The molecule has 3 heterocycles. The summed E-state index contributed by atoms with van der Waals surface area (Å²) in [5.41, 5.74) is 2.72. The number of pyridine rings is 1. The van der Waals surface area contributed by atoms with Gasteiger partial charge in [0.25, 0.3) is 0 Å². The van der Waals surface area contributed by atoms with Crippen molar-refractivity contribution in [2.45, 2.75) is 12.5 Å². The highest BCUT2D eigenvalue weighted by Gasteiger charge is 2.35. The number of anilines is 1. The maximum atomic E-state index is 13.0. The van der Waals surface area contributed by atoms with E-state index in [9.17, 15) is 14.7 Å². The molecule has 136 valence electrons. The first-order valence-corrected chi connectivity index (χ1v) is 8.48. The Kier molecular flexibility index (Phi) is 4.29. The number of aromatic carboxylic acids is 1. The second kappa shape index (κ2) is 6.91. The quantitative estimate of drug-likeness (QED) is 0.662. The molecule has 0 aliphatic carbocycles. The predicted octanol–water partition coefficient (Wildman–Crippen LogP) is 2.68. The van der Waals surface area contributed by atoms with E-state index in [1.54, 1.807) is 35.6 Å². The lowest BCUT2D eigenvalue weighted by molar-refractivity contribution is 0.0698. The zero-order valence-corrected chi connectivity index (χ0v) is 14.3. The molecule has 4 rings (SSSR count). The third kappa shape index (κ3) is 3.12. The van der Waals surface area contributed by atoms with Gasteiger partial charge < -0.3 is 20.3 Å². The van der Waals surface area contributed by atoms with Crippen molar-refractivity contribution in [3.8, 4) is 0 Å². The summed E-state index contributed by atoms with van der Waals surface area (Å²) in [6.07, 6.45) is 3.92. The van der Waals surface area contributed by atoms with Gasteiger partial charge in [0.2, 0.25) is 0 Å². The van der Waals surface area contributed by atoms with Gasteiger partial charge in [-0.1, -0.05) is 18.2 Å². The largest absolute Gasteiger partial charge is 0.478 e. The second-order valence-corrected chi connectivity index (χ2v) is 6.15. The van der Waals surface area contributed by atoms with Crippen molar-refractivity contribution in [2.24, 2.45) is 0 Å². The number of carbonyl (C=O) groups excluding carboxylic acids is 1. The van der Waals surface area contributed by atoms with Crippen molar-refractivity contribution in [1.82, 2.24) is 19.9 Å². The number of carboxylic acid groups (broad SMARTS) is 1. The molecule has 1 unspecified atom stereocenters. The van der Waals surface area contributed by atoms with Gasteiger partial charge in [-0.3, -0.25) is 4.98 Å². The number of H-pyrrole nitrogens is 1. The van der Waals surface area contributed by atoms with Crippen LogP contribution in [0.2, 0.25) is 0 Å². The second-order valence-electron chi connectivity index (χ2n) is 6.15. The van der Waals surface area contributed by atoms with E-state index >= 15 is 0 Å². The number of para-hydroxylation sites is 1. The monoisotopic (exact) mass is 363 g/mol. The van der Waals surface area contributed by atoms with Gasteiger partial charge in [0.1, 0.15) is 6.04 Å². The molecular formula is C19H17N5O3. The van der Waals surface area contributed by atoms with E-state index in [2.05, 4.69) is 20.3 Å². The number of nitrogens with one attached hydrogen (secondary N) is 2. The molecule has 27 heavy (non-hydrogen) atoms. The van der Waals surface area contributed by atoms with Crippen LogP contribution < -0.4 is 5.32 Å². The molecule has 0 spiro atoms. The third-order valence-electron chi connectivity index (χ3n) is 4.55. The lowest BCUT2D eigenvalue weighted by Gasteiger charge is -2.34. The van der Waals surface area contributed by atoms with Crippen LogP contribution >= 0.6 is 0 Å². The van der Waals surface area contributed by atoms with Gasteiger partial charge >= 0.3 is 12.0 Å². The van der Waals surface area contributed by atoms with Gasteiger partial charge in [-0.2, -0.15) is 0 Å². The van der Waals surface area contributed by atoms with Gasteiger partial charge in [0.05, 0.1) is 29.0 Å². The maximum Gasteiger partial charge on any atom is 0.337 e. The zero-order valence-electron chi connectivity index (χ0n) is 14.3. The molecule has 3 aromatic rings. The topological polar surface area (TPSA) is 111 Å². The number of carboxylic acids is 1. The first-order chi connectivity index (χ1) is 13.1. The summed E-state index contributed by atoms with van der Waals surface area (Å²) in [6, 6.07) is 11.0. The molecule has 2 amide bonds. The van der Waals surface area contributed by atoms with Crippen LogP contribution in [0.15, 0.2) is 55.0 Å². The number of imidazole rings is 1. The number of hydrogen-bond acceptors (Lipinski definition) is 4. The van der Waals surface area contributed by atoms with E-state index in [1.807, 2.05) is 18.2 Å². The Morgan fingerprint density at radius 1 is 1.15 bits per heavy atom. The molecule has 3 N–H and O–H groups in total. The summed E-state index contributed by atoms with van der Waals surface area (Å²) in [7, 11) is 0. The summed E-state index contributed by atoms with van der Waals surface area (Å²) in [5.74, 6) is -1.10. The molecule has 2 aromatic heterocycles. The number of aromatic nitrogens is 3. The Labute approximate surface area is 154 Å². The van der Waals surface area contributed by atoms with Crippen LogP contribution in [0.3, 0.4) is 0 Å². The highest BCUT2D eigenvalue weighted by molar-refractivity contribution is 6.00. The minimum Gasteiger partial charge on any atom is -0.478 e. The Hall–Kier alpha value is -3.68. The van der Waals surface area contributed by atoms with Crippen molar-refractivity contribution in [3.63, 3.8) is 0 Å². The molecule has 0 bridgehead atoms. The van der Waals surface area contributed by atoms with Gasteiger partial charge in [0.15, 0.2) is 0 Å². The number of carbonyl (C=O) groups is 2. The molecule has 0 saturated carbocycles. The molecule has 8 nitrogen and oxygen atoms in total. The summed E-state index contributed by atoms with van der Waals surface area (Å²) in [5, 5.41) is 12.1. The summed E-state index contributed by atoms with van der Waals surface area (Å²) in [6.45, 7) is 0.456. The van der Waals surface area contributed by atoms with Gasteiger partial charge in [-0.05, 0) is 24.3 Å². The van der Waals surface area contributed by atoms with Crippen molar-refractivity contribution < 1.29 is 14.7 Å². The number of hydrogen-bond donors (Lipinski definition) is 3. The number of urea groups is 1. The molecule has 1 aromatic carbocycles. The fraction of sp³-hybridized carbons (Fsp3) is 0.158. The Balaban J connectivity index is 1.68. The van der Waals surface area contributed by atoms with Gasteiger partial charge in [-0.25, -0.2) is 14.6 Å². The minimum absolute atomic E-state index is 0.0395. The van der Waals surface area contributed by atoms with Crippen LogP contribution in [-0.4, -0.2) is 43.5 Å². The zero-order chi connectivity index (χ0) is 18.8. The Morgan fingerprint density at radius 3 is 2.74 bits per heavy atom. The summed E-state index contributed by atoms with van der Waals surface area (Å²) < 4.78 is 0. The fourth-order valence-corrected chi connectivity index (χ4v) is 3.30. The minimum atomic E-state index is -1.10. The van der Waals surface area contributed by atoms with Gasteiger partial charge in [-0.15, -0.1) is 0 Å². The number of fused-ring (bicyclic) bond motifs is 1. The molecule has 8 heteroatoms. The van der Waals surface area contributed by atoms with Crippen LogP contribution in [0.25, 0.3) is 0 Å². The van der Waals surface area contributed by atoms with E-state index in [-0.39, 0.29) is 11.3 Å². The van der Waals surface area contributed by atoms with Crippen molar-refractivity contribution in [1.29, 1.82) is 0 Å². The molecule has 0 fully saturated rings. The Morgan fingerprint density at radius 2 is 1.96 bits per heavy atom. The average molecular weight is 363 g/mol. The molecule has 0 radical (unpaired) electrons. The van der Waals surface area contributed by atoms with E-state index < -0.39 is 18.0 Å². The van der Waals surface area contributed by atoms with Gasteiger partial charge in [0, 0.05) is 24.9 Å². The van der Waals surface area contributed by atoms with E-state index in [0.717, 1.165) is 11.4 Å². The normalized spacial score (nSPS) is 15.9. The summed E-state index contributed by atoms with van der Waals surface area (Å²) in [4.78, 5) is 37.9. The molecule has 1 aliphatic rings. The van der Waals surface area contributed by atoms with Crippen LogP contribution in [0.4, 0.5) is 10.5 Å². The average Bonchev–Trinajstić information content (AvgIpc) is 3.17. The highest BCUT2D eigenvalue weighted by Crippen LogP contribution is 2.32. The number of nitrogens with zero attached hydrogens (tertiary/aromatic N) is 3. The fourth-order valence-electron chi connectivity index (χ4n) is 3.30. The van der Waals surface area contributed by atoms with Crippen molar-refractivity contribution in [2.75, 3.05) is 11.9 Å². The molecule has 1 aliphatic heterocycles. The number of benzene rings is 1. The predicted molar refractivity (Wildman–Crippen MR) is 97.5 cm³/mol. The van der Waals surface area contributed by atoms with E-state index in [4.69, 9.17) is 0 Å². The smallest absolute Gasteiger partial charge is 0.337 e. The van der Waals surface area contributed by atoms with Crippen LogP contribution in [0.5, 0.6) is 0 Å². The van der Waals surface area contributed by atoms with Crippen molar-refractivity contribution >= 4 is 17.7 Å². The van der Waals surface area contributed by atoms with Crippen LogP contribution in [0.1, 0.15) is 33.5 Å². The number of rotatable bonds is 3. The molecular weight excluding hydrogens is 346 g/mol. The van der Waals surface area contributed by atoms with E-state index in [0.29, 0.717) is 18.7 Å². The molecule has 0 saturated heterocycles. The Bertz CT molecular complexity index is 986. The molecule has 1 atom stereocenters.